The Kier molecular flexibility index (Phi) is 3.36. The number of benzene rings is 1. The number of rotatable bonds is 1. The number of aromatic hydroxyl groups is 1. The van der Waals surface area contributed by atoms with Crippen LogP contribution in [0.1, 0.15) is 36.4 Å². The van der Waals surface area contributed by atoms with E-state index in [0.29, 0.717) is 16.1 Å². The Morgan fingerprint density at radius 3 is 2.88 bits per heavy atom. The predicted octanol–water partition coefficient (Wildman–Crippen LogP) is 3.31. The summed E-state index contributed by atoms with van der Waals surface area (Å²) >= 11 is 6.14. The standard InChI is InChI=1S/C12H15ClFNO/c1-7-6-8(14)12(16)10(11(7)13)9-4-2-3-5-15-9/h6,9,15-16H,2-5H2,1H3. The maximum absolute atomic E-state index is 13.4. The van der Waals surface area contributed by atoms with E-state index in [1.165, 1.54) is 6.07 Å². The summed E-state index contributed by atoms with van der Waals surface area (Å²) in [5.41, 5.74) is 1.18. The van der Waals surface area contributed by atoms with Crippen molar-refractivity contribution in [1.29, 1.82) is 0 Å². The first-order valence-corrected chi connectivity index (χ1v) is 5.90. The number of aryl methyl sites for hydroxylation is 1. The van der Waals surface area contributed by atoms with Gasteiger partial charge in [-0.25, -0.2) is 4.39 Å². The highest BCUT2D eigenvalue weighted by molar-refractivity contribution is 6.32. The van der Waals surface area contributed by atoms with Crippen LogP contribution in [-0.4, -0.2) is 11.7 Å². The van der Waals surface area contributed by atoms with Crippen LogP contribution in [0.25, 0.3) is 0 Å². The summed E-state index contributed by atoms with van der Waals surface area (Å²) in [6.07, 6.45) is 3.07. The van der Waals surface area contributed by atoms with Crippen LogP contribution < -0.4 is 5.32 Å². The molecule has 0 saturated carbocycles. The fraction of sp³-hybridized carbons (Fsp3) is 0.500. The largest absolute Gasteiger partial charge is 0.505 e. The zero-order chi connectivity index (χ0) is 11.7. The summed E-state index contributed by atoms with van der Waals surface area (Å²) in [5.74, 6) is -0.903. The van der Waals surface area contributed by atoms with Crippen LogP contribution in [0.15, 0.2) is 6.07 Å². The normalized spacial score (nSPS) is 21.1. The maximum atomic E-state index is 13.4. The molecule has 1 saturated heterocycles. The molecule has 2 N–H and O–H groups in total. The molecule has 2 rings (SSSR count). The number of phenols is 1. The first-order valence-electron chi connectivity index (χ1n) is 5.52. The zero-order valence-electron chi connectivity index (χ0n) is 9.19. The first kappa shape index (κ1) is 11.7. The van der Waals surface area contributed by atoms with Crippen LogP contribution >= 0.6 is 11.6 Å². The van der Waals surface area contributed by atoms with E-state index >= 15 is 0 Å². The van der Waals surface area contributed by atoms with Gasteiger partial charge in [0.15, 0.2) is 11.6 Å². The topological polar surface area (TPSA) is 32.3 Å². The molecule has 1 aliphatic rings. The zero-order valence-corrected chi connectivity index (χ0v) is 9.94. The van der Waals surface area contributed by atoms with Crippen molar-refractivity contribution in [2.45, 2.75) is 32.2 Å². The number of hydrogen-bond acceptors (Lipinski definition) is 2. The average molecular weight is 244 g/mol. The van der Waals surface area contributed by atoms with Gasteiger partial charge < -0.3 is 10.4 Å². The Morgan fingerprint density at radius 1 is 1.50 bits per heavy atom. The molecule has 2 nitrogen and oxygen atoms in total. The first-order chi connectivity index (χ1) is 7.61. The van der Waals surface area contributed by atoms with Gasteiger partial charge in [-0.3, -0.25) is 0 Å². The van der Waals surface area contributed by atoms with E-state index in [0.717, 1.165) is 25.8 Å². The molecule has 0 aliphatic carbocycles. The third-order valence-corrected chi connectivity index (χ3v) is 3.57. The number of hydrogen-bond donors (Lipinski definition) is 2. The Bertz CT molecular complexity index is 376. The Hall–Kier alpha value is -0.800. The lowest BCUT2D eigenvalue weighted by Crippen LogP contribution is -2.27. The van der Waals surface area contributed by atoms with Gasteiger partial charge in [-0.05, 0) is 37.9 Å². The molecule has 0 bridgehead atoms. The molecule has 1 heterocycles. The van der Waals surface area contributed by atoms with E-state index in [-0.39, 0.29) is 11.8 Å². The van der Waals surface area contributed by atoms with E-state index in [2.05, 4.69) is 5.32 Å². The highest BCUT2D eigenvalue weighted by Crippen LogP contribution is 2.38. The number of nitrogens with one attached hydrogen (secondary N) is 1. The Labute approximate surface area is 99.4 Å². The van der Waals surface area contributed by atoms with Crippen molar-refractivity contribution >= 4 is 11.6 Å². The monoisotopic (exact) mass is 243 g/mol. The van der Waals surface area contributed by atoms with Gasteiger partial charge in [-0.1, -0.05) is 18.0 Å². The van der Waals surface area contributed by atoms with E-state index in [9.17, 15) is 9.50 Å². The summed E-state index contributed by atoms with van der Waals surface area (Å²) in [5, 5.41) is 13.5. The number of halogens is 2. The second kappa shape index (κ2) is 4.60. The van der Waals surface area contributed by atoms with E-state index in [4.69, 9.17) is 11.6 Å². The lowest BCUT2D eigenvalue weighted by Gasteiger charge is -2.26. The molecule has 4 heteroatoms. The molecule has 1 unspecified atom stereocenters. The maximum Gasteiger partial charge on any atom is 0.165 e. The van der Waals surface area contributed by atoms with Gasteiger partial charge in [0.2, 0.25) is 0 Å². The van der Waals surface area contributed by atoms with E-state index in [1.54, 1.807) is 6.92 Å². The molecule has 1 atom stereocenters. The van der Waals surface area contributed by atoms with Crippen LogP contribution in [0.3, 0.4) is 0 Å². The van der Waals surface area contributed by atoms with Gasteiger partial charge in [0.1, 0.15) is 0 Å². The third-order valence-electron chi connectivity index (χ3n) is 3.07. The van der Waals surface area contributed by atoms with Crippen molar-refractivity contribution in [2.24, 2.45) is 0 Å². The molecule has 1 aliphatic heterocycles. The van der Waals surface area contributed by atoms with Crippen LogP contribution in [0.5, 0.6) is 5.75 Å². The fourth-order valence-electron chi connectivity index (χ4n) is 2.18. The van der Waals surface area contributed by atoms with Crippen molar-refractivity contribution in [3.05, 3.63) is 28.0 Å². The molecule has 0 radical (unpaired) electrons. The fourth-order valence-corrected chi connectivity index (χ4v) is 2.46. The molecule has 1 fully saturated rings. The summed E-state index contributed by atoms with van der Waals surface area (Å²) in [4.78, 5) is 0. The van der Waals surface area contributed by atoms with Crippen molar-refractivity contribution in [3.8, 4) is 5.75 Å². The molecule has 0 spiro atoms. The van der Waals surface area contributed by atoms with Gasteiger partial charge in [0, 0.05) is 11.6 Å². The van der Waals surface area contributed by atoms with Gasteiger partial charge in [-0.2, -0.15) is 0 Å². The van der Waals surface area contributed by atoms with Crippen molar-refractivity contribution in [3.63, 3.8) is 0 Å². The highest BCUT2D eigenvalue weighted by Gasteiger charge is 2.24. The minimum Gasteiger partial charge on any atom is -0.505 e. The van der Waals surface area contributed by atoms with E-state index < -0.39 is 5.82 Å². The van der Waals surface area contributed by atoms with Crippen molar-refractivity contribution < 1.29 is 9.50 Å². The SMILES string of the molecule is Cc1cc(F)c(O)c(C2CCCCN2)c1Cl. The van der Waals surface area contributed by atoms with Crippen molar-refractivity contribution in [2.75, 3.05) is 6.54 Å². The molecule has 0 aromatic heterocycles. The van der Waals surface area contributed by atoms with Gasteiger partial charge in [0.25, 0.3) is 0 Å². The smallest absolute Gasteiger partial charge is 0.165 e. The summed E-state index contributed by atoms with van der Waals surface area (Å²) in [6.45, 7) is 2.63. The molecule has 0 amide bonds. The van der Waals surface area contributed by atoms with Gasteiger partial charge in [-0.15, -0.1) is 0 Å². The second-order valence-corrected chi connectivity index (χ2v) is 4.63. The average Bonchev–Trinajstić information content (AvgIpc) is 2.28. The predicted molar refractivity (Wildman–Crippen MR) is 62.4 cm³/mol. The molecular formula is C12H15ClFNO. The van der Waals surface area contributed by atoms with Crippen LogP contribution in [0.4, 0.5) is 4.39 Å². The lowest BCUT2D eigenvalue weighted by molar-refractivity contribution is 0.377. The third kappa shape index (κ3) is 2.02. The van der Waals surface area contributed by atoms with Crippen LogP contribution in [0.2, 0.25) is 5.02 Å². The number of piperidine rings is 1. The molecule has 1 aromatic carbocycles. The minimum absolute atomic E-state index is 0.0318. The summed E-state index contributed by atoms with van der Waals surface area (Å²) in [7, 11) is 0. The number of phenolic OH excluding ortho intramolecular Hbond substituents is 1. The van der Waals surface area contributed by atoms with E-state index in [1.807, 2.05) is 0 Å². The Balaban J connectivity index is 2.45. The molecule has 16 heavy (non-hydrogen) atoms. The molecule has 88 valence electrons. The molecular weight excluding hydrogens is 229 g/mol. The summed E-state index contributed by atoms with van der Waals surface area (Å²) in [6, 6.07) is 1.24. The Morgan fingerprint density at radius 2 is 2.25 bits per heavy atom. The summed E-state index contributed by atoms with van der Waals surface area (Å²) < 4.78 is 13.4. The lowest BCUT2D eigenvalue weighted by atomic mass is 9.95. The van der Waals surface area contributed by atoms with Crippen LogP contribution in [-0.2, 0) is 0 Å². The van der Waals surface area contributed by atoms with Gasteiger partial charge in [0.05, 0.1) is 5.02 Å². The quantitative estimate of drug-likeness (QED) is 0.793. The van der Waals surface area contributed by atoms with Gasteiger partial charge >= 0.3 is 0 Å². The highest BCUT2D eigenvalue weighted by atomic mass is 35.5. The van der Waals surface area contributed by atoms with Crippen molar-refractivity contribution in [1.82, 2.24) is 5.32 Å². The minimum atomic E-state index is -0.593. The second-order valence-electron chi connectivity index (χ2n) is 4.25. The molecule has 1 aromatic rings. The van der Waals surface area contributed by atoms with Crippen LogP contribution in [0, 0.1) is 12.7 Å².